The number of carbonyl (C=O) groups is 1. The number of methoxy groups -OCH3 is 1. The number of rotatable bonds is 3. The van der Waals surface area contributed by atoms with Gasteiger partial charge in [0, 0.05) is 6.04 Å². The highest BCUT2D eigenvalue weighted by Gasteiger charge is 2.27. The molecule has 6 heteroatoms. The van der Waals surface area contributed by atoms with E-state index in [1.54, 1.807) is 0 Å². The predicted octanol–water partition coefficient (Wildman–Crippen LogP) is 0.267. The molecule has 0 heterocycles. The van der Waals surface area contributed by atoms with E-state index in [0.29, 0.717) is 25.7 Å². The standard InChI is InChI=1S/C9H17NO4S/c1-14-9(11)7-3-5-8(6-4-7)10-15(2,12)13/h7-8,10H,3-6H2,1-2H3. The third-order valence-electron chi connectivity index (χ3n) is 2.64. The quantitative estimate of drug-likeness (QED) is 0.713. The number of hydrogen-bond donors (Lipinski definition) is 1. The number of sulfonamides is 1. The van der Waals surface area contributed by atoms with E-state index in [0.717, 1.165) is 6.26 Å². The maximum absolute atomic E-state index is 11.2. The number of ether oxygens (including phenoxy) is 1. The van der Waals surface area contributed by atoms with E-state index in [2.05, 4.69) is 9.46 Å². The van der Waals surface area contributed by atoms with Crippen LogP contribution >= 0.6 is 0 Å². The molecular formula is C9H17NO4S. The Labute approximate surface area is 90.2 Å². The molecule has 1 saturated carbocycles. The first-order valence-electron chi connectivity index (χ1n) is 4.97. The lowest BCUT2D eigenvalue weighted by Gasteiger charge is -2.26. The summed E-state index contributed by atoms with van der Waals surface area (Å²) in [5.41, 5.74) is 0. The van der Waals surface area contributed by atoms with Gasteiger partial charge in [0.1, 0.15) is 0 Å². The summed E-state index contributed by atoms with van der Waals surface area (Å²) in [5, 5.41) is 0. The molecule has 0 bridgehead atoms. The molecule has 15 heavy (non-hydrogen) atoms. The van der Waals surface area contributed by atoms with Crippen LogP contribution in [0.1, 0.15) is 25.7 Å². The second kappa shape index (κ2) is 4.94. The molecule has 0 amide bonds. The zero-order valence-electron chi connectivity index (χ0n) is 9.02. The Hall–Kier alpha value is -0.620. The van der Waals surface area contributed by atoms with Gasteiger partial charge in [-0.1, -0.05) is 0 Å². The Morgan fingerprint density at radius 3 is 2.20 bits per heavy atom. The summed E-state index contributed by atoms with van der Waals surface area (Å²) in [6.45, 7) is 0. The smallest absolute Gasteiger partial charge is 0.308 e. The number of hydrogen-bond acceptors (Lipinski definition) is 4. The van der Waals surface area contributed by atoms with Crippen molar-refractivity contribution in [1.82, 2.24) is 4.72 Å². The van der Waals surface area contributed by atoms with Gasteiger partial charge in [0.15, 0.2) is 0 Å². The first-order chi connectivity index (χ1) is 6.92. The molecule has 0 aliphatic heterocycles. The highest BCUT2D eigenvalue weighted by molar-refractivity contribution is 7.88. The summed E-state index contributed by atoms with van der Waals surface area (Å²) >= 11 is 0. The lowest BCUT2D eigenvalue weighted by Crippen LogP contribution is -2.38. The first kappa shape index (κ1) is 12.4. The zero-order chi connectivity index (χ0) is 11.5. The molecule has 5 nitrogen and oxygen atoms in total. The van der Waals surface area contributed by atoms with Crippen molar-refractivity contribution in [2.24, 2.45) is 5.92 Å². The van der Waals surface area contributed by atoms with E-state index in [1.165, 1.54) is 7.11 Å². The molecule has 0 aromatic heterocycles. The topological polar surface area (TPSA) is 72.5 Å². The van der Waals surface area contributed by atoms with Gasteiger partial charge in [0.25, 0.3) is 0 Å². The van der Waals surface area contributed by atoms with Crippen LogP contribution in [0.3, 0.4) is 0 Å². The van der Waals surface area contributed by atoms with Crippen molar-refractivity contribution in [3.8, 4) is 0 Å². The molecular weight excluding hydrogens is 218 g/mol. The lowest BCUT2D eigenvalue weighted by molar-refractivity contribution is -0.146. The van der Waals surface area contributed by atoms with Gasteiger partial charge in [-0.25, -0.2) is 13.1 Å². The van der Waals surface area contributed by atoms with Crippen LogP contribution in [-0.4, -0.2) is 33.8 Å². The Morgan fingerprint density at radius 2 is 1.80 bits per heavy atom. The van der Waals surface area contributed by atoms with Crippen LogP contribution in [0.2, 0.25) is 0 Å². The summed E-state index contributed by atoms with van der Waals surface area (Å²) in [5.74, 6) is -0.250. The highest BCUT2D eigenvalue weighted by Crippen LogP contribution is 2.25. The Bertz CT molecular complexity index is 317. The molecule has 1 aliphatic carbocycles. The number of nitrogens with one attached hydrogen (secondary N) is 1. The first-order valence-corrected chi connectivity index (χ1v) is 6.86. The molecule has 0 aromatic rings. The fourth-order valence-electron chi connectivity index (χ4n) is 1.92. The van der Waals surface area contributed by atoms with Crippen LogP contribution < -0.4 is 4.72 Å². The maximum atomic E-state index is 11.2. The van der Waals surface area contributed by atoms with Crippen LogP contribution in [0.4, 0.5) is 0 Å². The minimum atomic E-state index is -3.13. The van der Waals surface area contributed by atoms with E-state index in [-0.39, 0.29) is 17.9 Å². The van der Waals surface area contributed by atoms with Crippen LogP contribution in [-0.2, 0) is 19.6 Å². The van der Waals surface area contributed by atoms with Crippen molar-refractivity contribution in [2.75, 3.05) is 13.4 Å². The van der Waals surface area contributed by atoms with Gasteiger partial charge in [0.2, 0.25) is 10.0 Å². The second-order valence-corrected chi connectivity index (χ2v) is 5.74. The number of carbonyl (C=O) groups excluding carboxylic acids is 1. The van der Waals surface area contributed by atoms with Crippen molar-refractivity contribution in [3.05, 3.63) is 0 Å². The van der Waals surface area contributed by atoms with Crippen LogP contribution in [0.15, 0.2) is 0 Å². The molecule has 1 N–H and O–H groups in total. The maximum Gasteiger partial charge on any atom is 0.308 e. The lowest BCUT2D eigenvalue weighted by atomic mass is 9.86. The van der Waals surface area contributed by atoms with E-state index >= 15 is 0 Å². The van der Waals surface area contributed by atoms with Gasteiger partial charge >= 0.3 is 5.97 Å². The van der Waals surface area contributed by atoms with Crippen LogP contribution in [0.5, 0.6) is 0 Å². The molecule has 0 unspecified atom stereocenters. The van der Waals surface area contributed by atoms with Crippen molar-refractivity contribution < 1.29 is 17.9 Å². The SMILES string of the molecule is COC(=O)C1CCC(NS(C)(=O)=O)CC1. The van der Waals surface area contributed by atoms with E-state index < -0.39 is 10.0 Å². The van der Waals surface area contributed by atoms with Crippen molar-refractivity contribution in [1.29, 1.82) is 0 Å². The highest BCUT2D eigenvalue weighted by atomic mass is 32.2. The Balaban J connectivity index is 2.39. The minimum Gasteiger partial charge on any atom is -0.469 e. The molecule has 1 rings (SSSR count). The van der Waals surface area contributed by atoms with Crippen molar-refractivity contribution in [2.45, 2.75) is 31.7 Å². The summed E-state index contributed by atoms with van der Waals surface area (Å²) in [4.78, 5) is 11.2. The summed E-state index contributed by atoms with van der Waals surface area (Å²) in [6.07, 6.45) is 3.94. The summed E-state index contributed by atoms with van der Waals surface area (Å²) < 4.78 is 29.1. The van der Waals surface area contributed by atoms with Crippen molar-refractivity contribution >= 4 is 16.0 Å². The van der Waals surface area contributed by atoms with Gasteiger partial charge in [-0.3, -0.25) is 4.79 Å². The van der Waals surface area contributed by atoms with Crippen LogP contribution in [0, 0.1) is 5.92 Å². The van der Waals surface area contributed by atoms with Gasteiger partial charge in [-0.15, -0.1) is 0 Å². The van der Waals surface area contributed by atoms with Gasteiger partial charge in [-0.05, 0) is 25.7 Å². The fraction of sp³-hybridized carbons (Fsp3) is 0.889. The van der Waals surface area contributed by atoms with E-state index in [4.69, 9.17) is 0 Å². The molecule has 0 saturated heterocycles. The zero-order valence-corrected chi connectivity index (χ0v) is 9.84. The molecule has 0 spiro atoms. The minimum absolute atomic E-state index is 0.0269. The molecule has 0 aromatic carbocycles. The van der Waals surface area contributed by atoms with Gasteiger partial charge < -0.3 is 4.74 Å². The predicted molar refractivity (Wildman–Crippen MR) is 55.7 cm³/mol. The average molecular weight is 235 g/mol. The van der Waals surface area contributed by atoms with Crippen molar-refractivity contribution in [3.63, 3.8) is 0 Å². The largest absolute Gasteiger partial charge is 0.469 e. The van der Waals surface area contributed by atoms with Gasteiger partial charge in [0.05, 0.1) is 19.3 Å². The summed E-state index contributed by atoms with van der Waals surface area (Å²) in [7, 11) is -1.76. The Morgan fingerprint density at radius 1 is 1.27 bits per heavy atom. The molecule has 0 atom stereocenters. The molecule has 0 radical (unpaired) electrons. The monoisotopic (exact) mass is 235 g/mol. The van der Waals surface area contributed by atoms with E-state index in [9.17, 15) is 13.2 Å². The third kappa shape index (κ3) is 4.17. The Kier molecular flexibility index (Phi) is 4.10. The third-order valence-corrected chi connectivity index (χ3v) is 3.40. The number of esters is 1. The molecule has 1 aliphatic rings. The molecule has 1 fully saturated rings. The van der Waals surface area contributed by atoms with E-state index in [1.807, 2.05) is 0 Å². The fourth-order valence-corrected chi connectivity index (χ4v) is 2.76. The normalized spacial score (nSPS) is 27.3. The molecule has 88 valence electrons. The summed E-state index contributed by atoms with van der Waals surface area (Å²) in [6, 6.07) is -0.0269. The van der Waals surface area contributed by atoms with Gasteiger partial charge in [-0.2, -0.15) is 0 Å². The average Bonchev–Trinajstić information content (AvgIpc) is 2.15. The second-order valence-electron chi connectivity index (χ2n) is 3.96. The van der Waals surface area contributed by atoms with Crippen LogP contribution in [0.25, 0.3) is 0 Å².